The lowest BCUT2D eigenvalue weighted by molar-refractivity contribution is 0.186. The molecule has 0 amide bonds. The predicted molar refractivity (Wildman–Crippen MR) is 129 cm³/mol. The SMILES string of the molecule is Cc1c(N2CCC3(CC2)Cc2ncccc2[C@H]3N)nc(C)n(C2=CCCC(Cl)=C2Cl)c1=O. The minimum atomic E-state index is -0.0993. The van der Waals surface area contributed by atoms with E-state index < -0.39 is 0 Å². The Balaban J connectivity index is 1.42. The van der Waals surface area contributed by atoms with Crippen LogP contribution in [-0.2, 0) is 6.42 Å². The normalized spacial score (nSPS) is 22.3. The Bertz CT molecular complexity index is 1210. The molecule has 2 aliphatic carbocycles. The van der Waals surface area contributed by atoms with Crippen molar-refractivity contribution in [3.05, 3.63) is 67.5 Å². The third-order valence-electron chi connectivity index (χ3n) is 7.35. The molecule has 0 bridgehead atoms. The number of aryl methyl sites for hydroxylation is 1. The second-order valence-corrected chi connectivity index (χ2v) is 9.97. The molecule has 2 aromatic rings. The van der Waals surface area contributed by atoms with Crippen LogP contribution in [0.2, 0.25) is 0 Å². The first-order chi connectivity index (χ1) is 15.3. The average molecular weight is 472 g/mol. The molecular weight excluding hydrogens is 445 g/mol. The molecule has 1 fully saturated rings. The number of nitrogens with zero attached hydrogens (tertiary/aromatic N) is 4. The van der Waals surface area contributed by atoms with Gasteiger partial charge in [-0.3, -0.25) is 14.3 Å². The van der Waals surface area contributed by atoms with Gasteiger partial charge in [0.05, 0.1) is 16.3 Å². The van der Waals surface area contributed by atoms with Crippen LogP contribution < -0.4 is 16.2 Å². The van der Waals surface area contributed by atoms with Gasteiger partial charge in [0.2, 0.25) is 0 Å². The highest BCUT2D eigenvalue weighted by Crippen LogP contribution is 2.50. The van der Waals surface area contributed by atoms with E-state index in [1.165, 1.54) is 5.56 Å². The lowest BCUT2D eigenvalue weighted by Crippen LogP contribution is -2.45. The molecule has 0 saturated carbocycles. The lowest BCUT2D eigenvalue weighted by atomic mass is 9.73. The topological polar surface area (TPSA) is 77.0 Å². The summed E-state index contributed by atoms with van der Waals surface area (Å²) in [7, 11) is 0. The first-order valence-electron chi connectivity index (χ1n) is 11.1. The van der Waals surface area contributed by atoms with Gasteiger partial charge >= 0.3 is 0 Å². The van der Waals surface area contributed by atoms with Crippen molar-refractivity contribution in [1.82, 2.24) is 14.5 Å². The Kier molecular flexibility index (Phi) is 5.43. The van der Waals surface area contributed by atoms with Crippen LogP contribution in [0.5, 0.6) is 0 Å². The number of aromatic nitrogens is 3. The van der Waals surface area contributed by atoms with E-state index in [9.17, 15) is 4.79 Å². The number of anilines is 1. The first-order valence-corrected chi connectivity index (χ1v) is 11.9. The number of rotatable bonds is 2. The quantitative estimate of drug-likeness (QED) is 0.700. The summed E-state index contributed by atoms with van der Waals surface area (Å²) in [5.74, 6) is 1.37. The number of pyridine rings is 1. The average Bonchev–Trinajstić information content (AvgIpc) is 3.06. The third kappa shape index (κ3) is 3.31. The standard InChI is InChI=1S/C24H27Cl2N5O/c1-14-22(29-15(2)31(23(14)32)19-7-3-6-17(25)20(19)26)30-11-8-24(9-12-30)13-18-16(21(24)27)5-4-10-28-18/h4-5,7,10,21H,3,6,8-9,11-13,27H2,1-2H3/t21-/m1/s1. The molecule has 168 valence electrons. The van der Waals surface area contributed by atoms with Gasteiger partial charge in [0.1, 0.15) is 11.6 Å². The highest BCUT2D eigenvalue weighted by atomic mass is 35.5. The van der Waals surface area contributed by atoms with Crippen LogP contribution in [0.1, 0.15) is 54.4 Å². The minimum absolute atomic E-state index is 0.00839. The van der Waals surface area contributed by atoms with Crippen molar-refractivity contribution in [3.8, 4) is 0 Å². The second-order valence-electron chi connectivity index (χ2n) is 9.14. The Hall–Kier alpha value is -2.15. The molecule has 0 aromatic carbocycles. The number of allylic oxidation sites excluding steroid dienone is 4. The maximum absolute atomic E-state index is 13.4. The minimum Gasteiger partial charge on any atom is -0.356 e. The van der Waals surface area contributed by atoms with Gasteiger partial charge in [-0.25, -0.2) is 4.98 Å². The van der Waals surface area contributed by atoms with Crippen LogP contribution in [0, 0.1) is 19.3 Å². The van der Waals surface area contributed by atoms with E-state index >= 15 is 0 Å². The monoisotopic (exact) mass is 471 g/mol. The van der Waals surface area contributed by atoms with Gasteiger partial charge < -0.3 is 10.6 Å². The summed E-state index contributed by atoms with van der Waals surface area (Å²) in [5.41, 5.74) is 10.2. The summed E-state index contributed by atoms with van der Waals surface area (Å²) in [6, 6.07) is 4.08. The molecule has 2 aromatic heterocycles. The number of hydrogen-bond donors (Lipinski definition) is 1. The van der Waals surface area contributed by atoms with E-state index in [1.54, 1.807) is 4.57 Å². The van der Waals surface area contributed by atoms with E-state index in [0.717, 1.165) is 50.3 Å². The van der Waals surface area contributed by atoms with Crippen LogP contribution in [0.15, 0.2) is 39.3 Å². The van der Waals surface area contributed by atoms with Gasteiger partial charge in [-0.05, 0) is 63.0 Å². The van der Waals surface area contributed by atoms with Crippen molar-refractivity contribution >= 4 is 34.7 Å². The van der Waals surface area contributed by atoms with Gasteiger partial charge in [0.25, 0.3) is 5.56 Å². The molecule has 3 aliphatic rings. The van der Waals surface area contributed by atoms with E-state index in [1.807, 2.05) is 32.2 Å². The molecule has 1 spiro atoms. The van der Waals surface area contributed by atoms with Gasteiger partial charge in [-0.2, -0.15) is 0 Å². The Morgan fingerprint density at radius 1 is 1.22 bits per heavy atom. The highest BCUT2D eigenvalue weighted by molar-refractivity contribution is 6.43. The molecule has 1 atom stereocenters. The molecule has 32 heavy (non-hydrogen) atoms. The van der Waals surface area contributed by atoms with E-state index in [-0.39, 0.29) is 17.0 Å². The number of nitrogens with two attached hydrogens (primary N) is 1. The third-order valence-corrected chi connectivity index (χ3v) is 8.25. The number of halogens is 2. The van der Waals surface area contributed by atoms with Gasteiger partial charge in [0, 0.05) is 36.1 Å². The Morgan fingerprint density at radius 3 is 2.69 bits per heavy atom. The maximum atomic E-state index is 13.4. The van der Waals surface area contributed by atoms with Crippen LogP contribution in [0.4, 0.5) is 5.82 Å². The van der Waals surface area contributed by atoms with Gasteiger partial charge in [-0.15, -0.1) is 0 Å². The number of hydrogen-bond acceptors (Lipinski definition) is 5. The van der Waals surface area contributed by atoms with E-state index in [4.69, 9.17) is 33.9 Å². The van der Waals surface area contributed by atoms with Crippen molar-refractivity contribution in [1.29, 1.82) is 0 Å². The smallest absolute Gasteiger partial charge is 0.263 e. The van der Waals surface area contributed by atoms with Crippen LogP contribution in [0.3, 0.4) is 0 Å². The molecule has 1 saturated heterocycles. The molecule has 3 heterocycles. The van der Waals surface area contributed by atoms with Crippen molar-refractivity contribution < 1.29 is 0 Å². The molecule has 5 rings (SSSR count). The summed E-state index contributed by atoms with van der Waals surface area (Å²) in [4.78, 5) is 25.0. The molecule has 2 N–H and O–H groups in total. The van der Waals surface area contributed by atoms with E-state index in [2.05, 4.69) is 16.0 Å². The molecule has 1 aliphatic heterocycles. The first kappa shape index (κ1) is 21.7. The van der Waals surface area contributed by atoms with Crippen molar-refractivity contribution in [2.75, 3.05) is 18.0 Å². The summed E-state index contributed by atoms with van der Waals surface area (Å²) in [5, 5.41) is 1.02. The number of piperidine rings is 1. The van der Waals surface area contributed by atoms with Crippen molar-refractivity contribution in [2.24, 2.45) is 11.1 Å². The second kappa shape index (κ2) is 8.01. The molecule has 8 heteroatoms. The van der Waals surface area contributed by atoms with Crippen LogP contribution in [-0.4, -0.2) is 27.6 Å². The summed E-state index contributed by atoms with van der Waals surface area (Å²) < 4.78 is 1.59. The lowest BCUT2D eigenvalue weighted by Gasteiger charge is -2.42. The zero-order valence-electron chi connectivity index (χ0n) is 18.4. The van der Waals surface area contributed by atoms with E-state index in [0.29, 0.717) is 33.6 Å². The maximum Gasteiger partial charge on any atom is 0.263 e. The summed E-state index contributed by atoms with van der Waals surface area (Å²) in [6.07, 6.45) is 8.07. The zero-order valence-corrected chi connectivity index (χ0v) is 19.9. The Labute approximate surface area is 197 Å². The fraction of sp³-hybridized carbons (Fsp3) is 0.458. The summed E-state index contributed by atoms with van der Waals surface area (Å²) in [6.45, 7) is 5.31. The summed E-state index contributed by atoms with van der Waals surface area (Å²) >= 11 is 12.7. The fourth-order valence-corrected chi connectivity index (χ4v) is 5.92. The molecule has 0 radical (unpaired) electrons. The highest BCUT2D eigenvalue weighted by Gasteiger charge is 2.46. The largest absolute Gasteiger partial charge is 0.356 e. The van der Waals surface area contributed by atoms with Crippen LogP contribution >= 0.6 is 23.2 Å². The Morgan fingerprint density at radius 2 is 1.97 bits per heavy atom. The molecule has 6 nitrogen and oxygen atoms in total. The van der Waals surface area contributed by atoms with Gasteiger partial charge in [-0.1, -0.05) is 35.3 Å². The zero-order chi connectivity index (χ0) is 22.6. The predicted octanol–water partition coefficient (Wildman–Crippen LogP) is 4.42. The van der Waals surface area contributed by atoms with Crippen molar-refractivity contribution in [3.63, 3.8) is 0 Å². The van der Waals surface area contributed by atoms with Crippen LogP contribution in [0.25, 0.3) is 5.70 Å². The fourth-order valence-electron chi connectivity index (χ4n) is 5.46. The molecule has 0 unspecified atom stereocenters. The van der Waals surface area contributed by atoms with Gasteiger partial charge in [0.15, 0.2) is 0 Å². The van der Waals surface area contributed by atoms with Crippen molar-refractivity contribution in [2.45, 2.75) is 52.0 Å². The number of fused-ring (bicyclic) bond motifs is 1. The molecular formula is C24H27Cl2N5O.